The predicted molar refractivity (Wildman–Crippen MR) is 80.0 cm³/mol. The molecule has 0 aliphatic rings. The van der Waals surface area contributed by atoms with Crippen molar-refractivity contribution in [3.8, 4) is 0 Å². The first kappa shape index (κ1) is 14.8. The molecule has 2 aromatic carbocycles. The van der Waals surface area contributed by atoms with Gasteiger partial charge in [-0.15, -0.1) is 0 Å². The van der Waals surface area contributed by atoms with E-state index in [9.17, 15) is 9.59 Å². The number of aromatic carboxylic acids is 1. The van der Waals surface area contributed by atoms with Crippen LogP contribution in [0.4, 0.5) is 0 Å². The maximum Gasteiger partial charge on any atom is 0.335 e. The highest BCUT2D eigenvalue weighted by Crippen LogP contribution is 2.06. The number of carbonyl (C=O) groups is 2. The molecule has 0 fully saturated rings. The second kappa shape index (κ2) is 7.24. The lowest BCUT2D eigenvalue weighted by atomic mass is 10.1. The van der Waals surface area contributed by atoms with Gasteiger partial charge >= 0.3 is 5.97 Å². The van der Waals surface area contributed by atoms with Crippen molar-refractivity contribution in [3.05, 3.63) is 71.3 Å². The average molecular weight is 283 g/mol. The Balaban J connectivity index is 1.81. The molecular weight excluding hydrogens is 266 g/mol. The highest BCUT2D eigenvalue weighted by atomic mass is 16.4. The minimum absolute atomic E-state index is 0.0421. The first-order chi connectivity index (χ1) is 10.1. The van der Waals surface area contributed by atoms with Gasteiger partial charge in [0.25, 0.3) is 0 Å². The van der Waals surface area contributed by atoms with Gasteiger partial charge in [-0.1, -0.05) is 42.5 Å². The lowest BCUT2D eigenvalue weighted by Gasteiger charge is -2.06. The second-order valence-electron chi connectivity index (χ2n) is 4.77. The third kappa shape index (κ3) is 4.76. The van der Waals surface area contributed by atoms with Gasteiger partial charge in [-0.2, -0.15) is 0 Å². The molecule has 108 valence electrons. The summed E-state index contributed by atoms with van der Waals surface area (Å²) in [6, 6.07) is 16.4. The third-order valence-electron chi connectivity index (χ3n) is 3.15. The zero-order valence-electron chi connectivity index (χ0n) is 11.6. The Morgan fingerprint density at radius 3 is 2.38 bits per heavy atom. The van der Waals surface area contributed by atoms with Crippen LogP contribution in [0.1, 0.15) is 27.9 Å². The molecule has 2 N–H and O–H groups in total. The minimum Gasteiger partial charge on any atom is -0.478 e. The Kier molecular flexibility index (Phi) is 5.10. The molecule has 4 heteroatoms. The van der Waals surface area contributed by atoms with Crippen LogP contribution in [0.25, 0.3) is 0 Å². The van der Waals surface area contributed by atoms with E-state index in [0.717, 1.165) is 11.1 Å². The Morgan fingerprint density at radius 1 is 0.952 bits per heavy atom. The maximum absolute atomic E-state index is 11.8. The molecule has 0 bridgehead atoms. The van der Waals surface area contributed by atoms with Gasteiger partial charge in [0.1, 0.15) is 0 Å². The van der Waals surface area contributed by atoms with Crippen molar-refractivity contribution >= 4 is 11.9 Å². The molecule has 0 heterocycles. The molecule has 1 amide bonds. The Labute approximate surface area is 123 Å². The van der Waals surface area contributed by atoms with E-state index in [1.54, 1.807) is 18.2 Å². The van der Waals surface area contributed by atoms with Gasteiger partial charge in [0.2, 0.25) is 5.91 Å². The number of carboxylic acids is 1. The van der Waals surface area contributed by atoms with Crippen molar-refractivity contribution in [1.29, 1.82) is 0 Å². The van der Waals surface area contributed by atoms with E-state index in [2.05, 4.69) is 5.32 Å². The first-order valence-electron chi connectivity index (χ1n) is 6.78. The SMILES string of the molecule is O=C(CCc1ccccc1)NCc1cccc(C(=O)O)c1. The lowest BCUT2D eigenvalue weighted by Crippen LogP contribution is -2.23. The highest BCUT2D eigenvalue weighted by Gasteiger charge is 2.05. The van der Waals surface area contributed by atoms with Crippen molar-refractivity contribution < 1.29 is 14.7 Å². The summed E-state index contributed by atoms with van der Waals surface area (Å²) in [6.07, 6.45) is 1.12. The summed E-state index contributed by atoms with van der Waals surface area (Å²) in [6.45, 7) is 0.342. The van der Waals surface area contributed by atoms with E-state index in [1.807, 2.05) is 30.3 Å². The number of carboxylic acid groups (broad SMARTS) is 1. The number of carbonyl (C=O) groups excluding carboxylic acids is 1. The standard InChI is InChI=1S/C17H17NO3/c19-16(10-9-13-5-2-1-3-6-13)18-12-14-7-4-8-15(11-14)17(20)21/h1-8,11H,9-10,12H2,(H,18,19)(H,20,21). The largest absolute Gasteiger partial charge is 0.478 e. The number of aryl methyl sites for hydroxylation is 1. The van der Waals surface area contributed by atoms with Crippen molar-refractivity contribution in [1.82, 2.24) is 5.32 Å². The first-order valence-corrected chi connectivity index (χ1v) is 6.78. The molecule has 0 radical (unpaired) electrons. The molecular formula is C17H17NO3. The van der Waals surface area contributed by atoms with Gasteiger partial charge < -0.3 is 10.4 Å². The number of rotatable bonds is 6. The van der Waals surface area contributed by atoms with E-state index in [1.165, 1.54) is 6.07 Å². The van der Waals surface area contributed by atoms with E-state index in [4.69, 9.17) is 5.11 Å². The quantitative estimate of drug-likeness (QED) is 0.856. The van der Waals surface area contributed by atoms with Crippen LogP contribution < -0.4 is 5.32 Å². The van der Waals surface area contributed by atoms with E-state index in [-0.39, 0.29) is 11.5 Å². The second-order valence-corrected chi connectivity index (χ2v) is 4.77. The summed E-state index contributed by atoms with van der Waals surface area (Å²) in [5.41, 5.74) is 2.13. The van der Waals surface area contributed by atoms with Gasteiger partial charge in [-0.05, 0) is 29.7 Å². The molecule has 2 aromatic rings. The third-order valence-corrected chi connectivity index (χ3v) is 3.15. The number of benzene rings is 2. The summed E-state index contributed by atoms with van der Waals surface area (Å²) in [5, 5.41) is 11.7. The summed E-state index contributed by atoms with van der Waals surface area (Å²) in [5.74, 6) is -1.01. The Morgan fingerprint density at radius 2 is 1.67 bits per heavy atom. The van der Waals surface area contributed by atoms with Gasteiger partial charge in [0, 0.05) is 13.0 Å². The zero-order chi connectivity index (χ0) is 15.1. The van der Waals surface area contributed by atoms with Gasteiger partial charge in [0.15, 0.2) is 0 Å². The smallest absolute Gasteiger partial charge is 0.335 e. The van der Waals surface area contributed by atoms with E-state index in [0.29, 0.717) is 19.4 Å². The molecule has 21 heavy (non-hydrogen) atoms. The molecule has 0 aromatic heterocycles. The molecule has 0 aliphatic heterocycles. The molecule has 0 saturated heterocycles. The number of hydrogen-bond acceptors (Lipinski definition) is 2. The molecule has 0 unspecified atom stereocenters. The van der Waals surface area contributed by atoms with Crippen molar-refractivity contribution in [2.45, 2.75) is 19.4 Å². The van der Waals surface area contributed by atoms with Crippen LogP contribution in [0.3, 0.4) is 0 Å². The van der Waals surface area contributed by atoms with Crippen molar-refractivity contribution in [2.24, 2.45) is 0 Å². The van der Waals surface area contributed by atoms with E-state index < -0.39 is 5.97 Å². The minimum atomic E-state index is -0.966. The van der Waals surface area contributed by atoms with Crippen LogP contribution in [0.2, 0.25) is 0 Å². The monoisotopic (exact) mass is 283 g/mol. The Bertz CT molecular complexity index is 623. The van der Waals surface area contributed by atoms with Gasteiger partial charge in [-0.25, -0.2) is 4.79 Å². The fraction of sp³-hybridized carbons (Fsp3) is 0.176. The molecule has 0 atom stereocenters. The topological polar surface area (TPSA) is 66.4 Å². The van der Waals surface area contributed by atoms with Crippen molar-refractivity contribution in [2.75, 3.05) is 0 Å². The fourth-order valence-corrected chi connectivity index (χ4v) is 2.01. The number of nitrogens with one attached hydrogen (secondary N) is 1. The fourth-order valence-electron chi connectivity index (χ4n) is 2.01. The summed E-state index contributed by atoms with van der Waals surface area (Å²) >= 11 is 0. The summed E-state index contributed by atoms with van der Waals surface area (Å²) in [7, 11) is 0. The van der Waals surface area contributed by atoms with Gasteiger partial charge in [0.05, 0.1) is 5.56 Å². The van der Waals surface area contributed by atoms with Crippen LogP contribution in [0.15, 0.2) is 54.6 Å². The maximum atomic E-state index is 11.8. The predicted octanol–water partition coefficient (Wildman–Crippen LogP) is 2.63. The van der Waals surface area contributed by atoms with Gasteiger partial charge in [-0.3, -0.25) is 4.79 Å². The molecule has 2 rings (SSSR count). The zero-order valence-corrected chi connectivity index (χ0v) is 11.6. The number of hydrogen-bond donors (Lipinski definition) is 2. The number of amides is 1. The Hall–Kier alpha value is -2.62. The molecule has 4 nitrogen and oxygen atoms in total. The van der Waals surface area contributed by atoms with Crippen LogP contribution >= 0.6 is 0 Å². The summed E-state index contributed by atoms with van der Waals surface area (Å²) in [4.78, 5) is 22.6. The lowest BCUT2D eigenvalue weighted by molar-refractivity contribution is -0.121. The molecule has 0 aliphatic carbocycles. The highest BCUT2D eigenvalue weighted by molar-refractivity contribution is 5.87. The average Bonchev–Trinajstić information content (AvgIpc) is 2.52. The van der Waals surface area contributed by atoms with Crippen LogP contribution in [-0.2, 0) is 17.8 Å². The van der Waals surface area contributed by atoms with Crippen LogP contribution in [0.5, 0.6) is 0 Å². The van der Waals surface area contributed by atoms with Crippen molar-refractivity contribution in [3.63, 3.8) is 0 Å². The normalized spacial score (nSPS) is 10.1. The molecule has 0 saturated carbocycles. The van der Waals surface area contributed by atoms with Crippen LogP contribution in [0, 0.1) is 0 Å². The van der Waals surface area contributed by atoms with E-state index >= 15 is 0 Å². The molecule has 0 spiro atoms. The van der Waals surface area contributed by atoms with Crippen LogP contribution in [-0.4, -0.2) is 17.0 Å². The summed E-state index contributed by atoms with van der Waals surface area (Å²) < 4.78 is 0.